The molecule has 0 aliphatic carbocycles. The molecule has 152 valence electrons. The monoisotopic (exact) mass is 422 g/mol. The van der Waals surface area contributed by atoms with Crippen molar-refractivity contribution in [1.29, 1.82) is 5.26 Å². The summed E-state index contributed by atoms with van der Waals surface area (Å²) in [6, 6.07) is 9.49. The van der Waals surface area contributed by atoms with Gasteiger partial charge >= 0.3 is 6.61 Å². The van der Waals surface area contributed by atoms with Crippen LogP contribution < -0.4 is 19.5 Å². The summed E-state index contributed by atoms with van der Waals surface area (Å²) in [5.41, 5.74) is 1.20. The van der Waals surface area contributed by atoms with Crippen LogP contribution in [0.1, 0.15) is 11.1 Å². The van der Waals surface area contributed by atoms with Crippen LogP contribution in [-0.2, 0) is 4.79 Å². The predicted octanol–water partition coefficient (Wildman–Crippen LogP) is 4.81. The van der Waals surface area contributed by atoms with E-state index in [2.05, 4.69) is 10.1 Å². The fraction of sp³-hybridized carbons (Fsp3) is 0.200. The lowest BCUT2D eigenvalue weighted by Crippen LogP contribution is -2.14. The standard InChI is InChI=1S/C20H17ClF2N2O4/c1-11-14(21)5-4-6-15(11)25-19(26)13(10-24)7-12-8-16(27-2)18(29-20(22)23)17(9-12)28-3/h4-9,20H,1-3H3,(H,25,26)/b13-7+. The topological polar surface area (TPSA) is 80.6 Å². The molecule has 0 saturated heterocycles. The van der Waals surface area contributed by atoms with Gasteiger partial charge in [0.2, 0.25) is 5.75 Å². The van der Waals surface area contributed by atoms with Crippen molar-refractivity contribution in [1.82, 2.24) is 0 Å². The highest BCUT2D eigenvalue weighted by Gasteiger charge is 2.19. The maximum atomic E-state index is 12.6. The van der Waals surface area contributed by atoms with Crippen LogP contribution in [0.15, 0.2) is 35.9 Å². The van der Waals surface area contributed by atoms with Crippen LogP contribution >= 0.6 is 11.6 Å². The first-order chi connectivity index (χ1) is 13.8. The Labute approximate surface area is 171 Å². The molecule has 0 aliphatic heterocycles. The predicted molar refractivity (Wildman–Crippen MR) is 105 cm³/mol. The molecule has 0 aliphatic rings. The van der Waals surface area contributed by atoms with Gasteiger partial charge in [-0.1, -0.05) is 17.7 Å². The van der Waals surface area contributed by atoms with Crippen molar-refractivity contribution >= 4 is 29.3 Å². The van der Waals surface area contributed by atoms with Crippen LogP contribution in [0.2, 0.25) is 5.02 Å². The molecular weight excluding hydrogens is 406 g/mol. The highest BCUT2D eigenvalue weighted by Crippen LogP contribution is 2.40. The number of hydrogen-bond donors (Lipinski definition) is 1. The van der Waals surface area contributed by atoms with Crippen LogP contribution in [-0.4, -0.2) is 26.7 Å². The van der Waals surface area contributed by atoms with E-state index >= 15 is 0 Å². The van der Waals surface area contributed by atoms with Gasteiger partial charge in [-0.25, -0.2) is 0 Å². The molecule has 2 aromatic carbocycles. The second kappa shape index (κ2) is 9.75. The molecular formula is C20H17ClF2N2O4. The molecule has 0 saturated carbocycles. The van der Waals surface area contributed by atoms with E-state index < -0.39 is 12.5 Å². The van der Waals surface area contributed by atoms with E-state index in [-0.39, 0.29) is 22.8 Å². The molecule has 0 spiro atoms. The smallest absolute Gasteiger partial charge is 0.387 e. The number of hydrogen-bond acceptors (Lipinski definition) is 5. The van der Waals surface area contributed by atoms with Crippen molar-refractivity contribution in [3.63, 3.8) is 0 Å². The Kier molecular flexibility index (Phi) is 7.39. The first-order valence-corrected chi connectivity index (χ1v) is 8.57. The Balaban J connectivity index is 2.40. The molecule has 0 radical (unpaired) electrons. The largest absolute Gasteiger partial charge is 0.493 e. The Morgan fingerprint density at radius 3 is 2.38 bits per heavy atom. The second-order valence-corrected chi connectivity index (χ2v) is 6.08. The summed E-state index contributed by atoms with van der Waals surface area (Å²) in [6.45, 7) is -1.36. The lowest BCUT2D eigenvalue weighted by molar-refractivity contribution is -0.112. The molecule has 0 atom stereocenters. The zero-order chi connectivity index (χ0) is 21.6. The number of methoxy groups -OCH3 is 2. The van der Waals surface area contributed by atoms with Gasteiger partial charge in [0.05, 0.1) is 14.2 Å². The van der Waals surface area contributed by atoms with Crippen molar-refractivity contribution in [2.45, 2.75) is 13.5 Å². The molecule has 1 amide bonds. The van der Waals surface area contributed by atoms with Crippen LogP contribution in [0, 0.1) is 18.3 Å². The molecule has 0 aromatic heterocycles. The number of nitrogens with zero attached hydrogens (tertiary/aromatic N) is 1. The maximum absolute atomic E-state index is 12.6. The van der Waals surface area contributed by atoms with Gasteiger partial charge in [0.15, 0.2) is 11.5 Å². The van der Waals surface area contributed by atoms with Crippen LogP contribution in [0.4, 0.5) is 14.5 Å². The second-order valence-electron chi connectivity index (χ2n) is 5.67. The summed E-state index contributed by atoms with van der Waals surface area (Å²) in [6.07, 6.45) is 1.27. The zero-order valence-corrected chi connectivity index (χ0v) is 16.5. The van der Waals surface area contributed by atoms with E-state index in [0.29, 0.717) is 21.8 Å². The average Bonchev–Trinajstić information content (AvgIpc) is 2.69. The molecule has 6 nitrogen and oxygen atoms in total. The van der Waals surface area contributed by atoms with Crippen molar-refractivity contribution in [2.75, 3.05) is 19.5 Å². The lowest BCUT2D eigenvalue weighted by Gasteiger charge is -2.14. The Morgan fingerprint density at radius 1 is 1.24 bits per heavy atom. The molecule has 0 unspecified atom stereocenters. The number of carbonyl (C=O) groups is 1. The van der Waals surface area contributed by atoms with Gasteiger partial charge in [0.1, 0.15) is 11.6 Å². The highest BCUT2D eigenvalue weighted by atomic mass is 35.5. The highest BCUT2D eigenvalue weighted by molar-refractivity contribution is 6.31. The van der Waals surface area contributed by atoms with Gasteiger partial charge in [-0.15, -0.1) is 0 Å². The van der Waals surface area contributed by atoms with Gasteiger partial charge in [-0.3, -0.25) is 4.79 Å². The minimum atomic E-state index is -3.08. The van der Waals surface area contributed by atoms with E-state index in [4.69, 9.17) is 21.1 Å². The Morgan fingerprint density at radius 2 is 1.86 bits per heavy atom. The molecule has 0 fully saturated rings. The molecule has 2 aromatic rings. The van der Waals surface area contributed by atoms with Crippen molar-refractivity contribution in [3.8, 4) is 23.3 Å². The fourth-order valence-corrected chi connectivity index (χ4v) is 2.61. The summed E-state index contributed by atoms with van der Waals surface area (Å²) in [4.78, 5) is 12.5. The Hall–Kier alpha value is -3.31. The minimum Gasteiger partial charge on any atom is -0.493 e. The van der Waals surface area contributed by atoms with E-state index in [9.17, 15) is 18.8 Å². The summed E-state index contributed by atoms with van der Waals surface area (Å²) >= 11 is 6.03. The van der Waals surface area contributed by atoms with Crippen molar-refractivity contribution in [2.24, 2.45) is 0 Å². The first-order valence-electron chi connectivity index (χ1n) is 8.19. The summed E-state index contributed by atoms with van der Waals surface area (Å²) in [7, 11) is 2.53. The number of anilines is 1. The van der Waals surface area contributed by atoms with Crippen LogP contribution in [0.3, 0.4) is 0 Å². The minimum absolute atomic E-state index is 0.0423. The summed E-state index contributed by atoms with van der Waals surface area (Å²) in [5.74, 6) is -1.04. The molecule has 9 heteroatoms. The zero-order valence-electron chi connectivity index (χ0n) is 15.8. The number of amides is 1. The lowest BCUT2D eigenvalue weighted by atomic mass is 10.1. The number of alkyl halides is 2. The number of halogens is 3. The quantitative estimate of drug-likeness (QED) is 0.511. The number of carbonyl (C=O) groups excluding carboxylic acids is 1. The van der Waals surface area contributed by atoms with Gasteiger partial charge in [-0.2, -0.15) is 14.0 Å². The van der Waals surface area contributed by atoms with Gasteiger partial charge < -0.3 is 19.5 Å². The third-order valence-electron chi connectivity index (χ3n) is 3.88. The third-order valence-corrected chi connectivity index (χ3v) is 4.29. The van der Waals surface area contributed by atoms with E-state index in [0.717, 1.165) is 0 Å². The fourth-order valence-electron chi connectivity index (χ4n) is 2.44. The average molecular weight is 423 g/mol. The van der Waals surface area contributed by atoms with E-state index in [1.807, 2.05) is 6.07 Å². The van der Waals surface area contributed by atoms with Gasteiger partial charge in [0, 0.05) is 10.7 Å². The summed E-state index contributed by atoms with van der Waals surface area (Å²) < 4.78 is 39.8. The van der Waals surface area contributed by atoms with Gasteiger partial charge in [0.25, 0.3) is 5.91 Å². The van der Waals surface area contributed by atoms with Crippen molar-refractivity contribution < 1.29 is 27.8 Å². The van der Waals surface area contributed by atoms with E-state index in [1.165, 1.54) is 32.4 Å². The number of ether oxygens (including phenoxy) is 3. The molecule has 2 rings (SSSR count). The third kappa shape index (κ3) is 5.36. The molecule has 0 heterocycles. The number of nitrogens with one attached hydrogen (secondary N) is 1. The number of benzene rings is 2. The van der Waals surface area contributed by atoms with Crippen molar-refractivity contribution in [3.05, 3.63) is 52.1 Å². The molecule has 29 heavy (non-hydrogen) atoms. The van der Waals surface area contributed by atoms with Crippen LogP contribution in [0.25, 0.3) is 6.08 Å². The van der Waals surface area contributed by atoms with E-state index in [1.54, 1.807) is 25.1 Å². The Bertz CT molecular complexity index is 962. The normalized spacial score (nSPS) is 11.0. The van der Waals surface area contributed by atoms with Crippen LogP contribution in [0.5, 0.6) is 17.2 Å². The maximum Gasteiger partial charge on any atom is 0.387 e. The number of rotatable bonds is 7. The number of nitriles is 1. The first kappa shape index (κ1) is 22.0. The molecule has 1 N–H and O–H groups in total. The molecule has 0 bridgehead atoms. The SMILES string of the molecule is COc1cc(/C=C(\C#N)C(=O)Nc2cccc(Cl)c2C)cc(OC)c1OC(F)F. The van der Waals surface area contributed by atoms with Gasteiger partial charge in [-0.05, 0) is 48.4 Å². The summed E-state index contributed by atoms with van der Waals surface area (Å²) in [5, 5.41) is 12.5.